The molecule has 3 rings (SSSR count). The van der Waals surface area contributed by atoms with Gasteiger partial charge in [0.2, 0.25) is 5.91 Å². The Kier molecular flexibility index (Phi) is 4.47. The van der Waals surface area contributed by atoms with Crippen LogP contribution in [0.2, 0.25) is 0 Å². The molecule has 1 aromatic heterocycles. The number of rotatable bonds is 5. The number of amides is 2. The molecule has 1 fully saturated rings. The molecule has 0 unspecified atom stereocenters. The van der Waals surface area contributed by atoms with Crippen molar-refractivity contribution < 1.29 is 9.59 Å². The number of H-pyrrole nitrogens is 1. The van der Waals surface area contributed by atoms with E-state index in [-0.39, 0.29) is 11.8 Å². The van der Waals surface area contributed by atoms with E-state index in [1.54, 1.807) is 0 Å². The summed E-state index contributed by atoms with van der Waals surface area (Å²) in [5.41, 5.74) is 1.50. The second kappa shape index (κ2) is 6.52. The van der Waals surface area contributed by atoms with Crippen molar-refractivity contribution in [1.29, 1.82) is 0 Å². The van der Waals surface area contributed by atoms with Gasteiger partial charge in [-0.15, -0.1) is 0 Å². The second-order valence-corrected chi connectivity index (χ2v) is 6.42. The normalized spacial score (nSPS) is 14.8. The first kappa shape index (κ1) is 15.1. The van der Waals surface area contributed by atoms with Gasteiger partial charge < -0.3 is 15.2 Å². The van der Waals surface area contributed by atoms with Crippen molar-refractivity contribution in [1.82, 2.24) is 15.2 Å². The van der Waals surface area contributed by atoms with Gasteiger partial charge in [-0.1, -0.05) is 15.9 Å². The highest BCUT2D eigenvalue weighted by molar-refractivity contribution is 9.10. The number of benzene rings is 1. The molecule has 1 aliphatic rings. The lowest BCUT2D eigenvalue weighted by atomic mass is 10.2. The molecule has 2 aromatic rings. The van der Waals surface area contributed by atoms with E-state index in [9.17, 15) is 9.59 Å². The molecule has 1 saturated heterocycles. The fourth-order valence-electron chi connectivity index (χ4n) is 2.73. The fourth-order valence-corrected chi connectivity index (χ4v) is 3.11. The van der Waals surface area contributed by atoms with Gasteiger partial charge in [0.05, 0.1) is 0 Å². The van der Waals surface area contributed by atoms with Crippen molar-refractivity contribution in [2.24, 2.45) is 0 Å². The highest BCUT2D eigenvalue weighted by Crippen LogP contribution is 2.20. The highest BCUT2D eigenvalue weighted by Gasteiger charge is 2.19. The van der Waals surface area contributed by atoms with Gasteiger partial charge >= 0.3 is 0 Å². The minimum absolute atomic E-state index is 0.111. The number of nitrogens with one attached hydrogen (secondary N) is 2. The molecule has 1 aliphatic heterocycles. The summed E-state index contributed by atoms with van der Waals surface area (Å²) in [7, 11) is 0. The number of halogens is 1. The van der Waals surface area contributed by atoms with Crippen molar-refractivity contribution >= 4 is 38.6 Å². The predicted octanol–water partition coefficient (Wildman–Crippen LogP) is 2.67. The average Bonchev–Trinajstić information content (AvgIpc) is 3.09. The SMILES string of the molecule is O=C(NCCCN1CCCC1=O)c1cc2cc(Br)ccc2[nH]1. The van der Waals surface area contributed by atoms with Gasteiger partial charge in [0.25, 0.3) is 5.91 Å². The highest BCUT2D eigenvalue weighted by atomic mass is 79.9. The third-order valence-corrected chi connectivity index (χ3v) is 4.38. The maximum Gasteiger partial charge on any atom is 0.267 e. The van der Waals surface area contributed by atoms with Crippen LogP contribution in [0.4, 0.5) is 0 Å². The number of carbonyl (C=O) groups is 2. The van der Waals surface area contributed by atoms with Crippen LogP contribution in [0.15, 0.2) is 28.7 Å². The van der Waals surface area contributed by atoms with E-state index in [4.69, 9.17) is 0 Å². The number of carbonyl (C=O) groups excluding carboxylic acids is 2. The van der Waals surface area contributed by atoms with Gasteiger partial charge in [0.1, 0.15) is 5.69 Å². The monoisotopic (exact) mass is 363 g/mol. The molecule has 0 radical (unpaired) electrons. The molecule has 0 saturated carbocycles. The van der Waals surface area contributed by atoms with E-state index in [0.29, 0.717) is 18.7 Å². The Bertz CT molecular complexity index is 710. The van der Waals surface area contributed by atoms with Crippen LogP contribution in [0.3, 0.4) is 0 Å². The smallest absolute Gasteiger partial charge is 0.267 e. The van der Waals surface area contributed by atoms with Gasteiger partial charge in [-0.25, -0.2) is 0 Å². The Morgan fingerprint density at radius 2 is 2.23 bits per heavy atom. The lowest BCUT2D eigenvalue weighted by molar-refractivity contribution is -0.127. The van der Waals surface area contributed by atoms with Crippen LogP contribution < -0.4 is 5.32 Å². The van der Waals surface area contributed by atoms with Crippen LogP contribution in [0, 0.1) is 0 Å². The van der Waals surface area contributed by atoms with Crippen LogP contribution >= 0.6 is 15.9 Å². The molecule has 2 heterocycles. The lowest BCUT2D eigenvalue weighted by Gasteiger charge is -2.15. The van der Waals surface area contributed by atoms with Crippen LogP contribution in [0.5, 0.6) is 0 Å². The van der Waals surface area contributed by atoms with Crippen molar-refractivity contribution in [3.8, 4) is 0 Å². The van der Waals surface area contributed by atoms with Gasteiger partial charge in [0.15, 0.2) is 0 Å². The standard InChI is InChI=1S/C16H18BrN3O2/c17-12-4-5-13-11(9-12)10-14(19-13)16(22)18-6-2-8-20-7-1-3-15(20)21/h4-5,9-10,19H,1-3,6-8H2,(H,18,22). The summed E-state index contributed by atoms with van der Waals surface area (Å²) in [6, 6.07) is 7.70. The maximum atomic E-state index is 12.1. The fraction of sp³-hybridized carbons (Fsp3) is 0.375. The average molecular weight is 364 g/mol. The van der Waals surface area contributed by atoms with Crippen molar-refractivity contribution in [3.63, 3.8) is 0 Å². The zero-order valence-electron chi connectivity index (χ0n) is 12.2. The Morgan fingerprint density at radius 3 is 3.00 bits per heavy atom. The first-order chi connectivity index (χ1) is 10.6. The molecule has 5 nitrogen and oxygen atoms in total. The Labute approximate surface area is 137 Å². The van der Waals surface area contributed by atoms with Gasteiger partial charge in [0, 0.05) is 41.4 Å². The topological polar surface area (TPSA) is 65.2 Å². The maximum absolute atomic E-state index is 12.1. The Morgan fingerprint density at radius 1 is 1.36 bits per heavy atom. The van der Waals surface area contributed by atoms with E-state index in [1.165, 1.54) is 0 Å². The molecular formula is C16H18BrN3O2. The van der Waals surface area contributed by atoms with Crippen LogP contribution in [0.25, 0.3) is 10.9 Å². The van der Waals surface area contributed by atoms with Gasteiger partial charge in [-0.05, 0) is 37.1 Å². The minimum atomic E-state index is -0.111. The zero-order valence-corrected chi connectivity index (χ0v) is 13.8. The molecule has 0 bridgehead atoms. The number of hydrogen-bond donors (Lipinski definition) is 2. The van der Waals surface area contributed by atoms with Crippen molar-refractivity contribution in [2.75, 3.05) is 19.6 Å². The molecular weight excluding hydrogens is 346 g/mol. The molecule has 0 atom stereocenters. The number of likely N-dealkylation sites (tertiary alicyclic amines) is 1. The van der Waals surface area contributed by atoms with E-state index in [1.807, 2.05) is 29.2 Å². The summed E-state index contributed by atoms with van der Waals surface area (Å²) in [6.45, 7) is 2.14. The third-order valence-electron chi connectivity index (χ3n) is 3.89. The second-order valence-electron chi connectivity index (χ2n) is 5.51. The number of aromatic nitrogens is 1. The van der Waals surface area contributed by atoms with Gasteiger partial charge in [-0.3, -0.25) is 9.59 Å². The quantitative estimate of drug-likeness (QED) is 0.802. The molecule has 0 aliphatic carbocycles. The van der Waals surface area contributed by atoms with Crippen LogP contribution in [-0.2, 0) is 4.79 Å². The summed E-state index contributed by atoms with van der Waals surface area (Å²) >= 11 is 3.42. The zero-order chi connectivity index (χ0) is 15.5. The minimum Gasteiger partial charge on any atom is -0.351 e. The van der Waals surface area contributed by atoms with Crippen molar-refractivity contribution in [3.05, 3.63) is 34.4 Å². The molecule has 2 amide bonds. The lowest BCUT2D eigenvalue weighted by Crippen LogP contribution is -2.30. The molecule has 2 N–H and O–H groups in total. The van der Waals surface area contributed by atoms with E-state index in [0.717, 1.165) is 41.3 Å². The molecule has 116 valence electrons. The van der Waals surface area contributed by atoms with Crippen LogP contribution in [0.1, 0.15) is 29.8 Å². The van der Waals surface area contributed by atoms with Gasteiger partial charge in [-0.2, -0.15) is 0 Å². The van der Waals surface area contributed by atoms with E-state index >= 15 is 0 Å². The Hall–Kier alpha value is -1.82. The molecule has 1 aromatic carbocycles. The predicted molar refractivity (Wildman–Crippen MR) is 88.8 cm³/mol. The summed E-state index contributed by atoms with van der Waals surface area (Å²) in [4.78, 5) is 28.6. The first-order valence-electron chi connectivity index (χ1n) is 7.48. The summed E-state index contributed by atoms with van der Waals surface area (Å²) in [6.07, 6.45) is 2.40. The number of hydrogen-bond acceptors (Lipinski definition) is 2. The summed E-state index contributed by atoms with van der Waals surface area (Å²) in [5.74, 6) is 0.118. The molecule has 6 heteroatoms. The molecule has 0 spiro atoms. The Balaban J connectivity index is 1.51. The number of aromatic amines is 1. The van der Waals surface area contributed by atoms with E-state index < -0.39 is 0 Å². The van der Waals surface area contributed by atoms with Crippen LogP contribution in [-0.4, -0.2) is 41.3 Å². The molecule has 22 heavy (non-hydrogen) atoms. The number of fused-ring (bicyclic) bond motifs is 1. The summed E-state index contributed by atoms with van der Waals surface area (Å²) < 4.78 is 0.987. The van der Waals surface area contributed by atoms with E-state index in [2.05, 4.69) is 26.2 Å². The summed E-state index contributed by atoms with van der Waals surface area (Å²) in [5, 5.41) is 3.90. The van der Waals surface area contributed by atoms with Crippen molar-refractivity contribution in [2.45, 2.75) is 19.3 Å². The number of nitrogens with zero attached hydrogens (tertiary/aromatic N) is 1. The first-order valence-corrected chi connectivity index (χ1v) is 8.27. The largest absolute Gasteiger partial charge is 0.351 e. The third kappa shape index (κ3) is 3.32.